The predicted molar refractivity (Wildman–Crippen MR) is 90.3 cm³/mol. The zero-order valence-corrected chi connectivity index (χ0v) is 14.7. The number of rotatable bonds is 7. The molecule has 0 aromatic heterocycles. The average Bonchev–Trinajstić information content (AvgIpc) is 3.23. The van der Waals surface area contributed by atoms with E-state index in [1.807, 2.05) is 6.92 Å². The first kappa shape index (κ1) is 17.4. The van der Waals surface area contributed by atoms with Crippen molar-refractivity contribution < 1.29 is 17.9 Å². The summed E-state index contributed by atoms with van der Waals surface area (Å²) >= 11 is 0. The second kappa shape index (κ2) is 7.21. The molecule has 1 aliphatic heterocycles. The fraction of sp³-hybridized carbons (Fsp3) is 0.588. The molecule has 6 nitrogen and oxygen atoms in total. The number of nitrogens with one attached hydrogen (secondary N) is 1. The Hall–Kier alpha value is -1.44. The number of carbonyl (C=O) groups excluding carboxylic acids is 1. The van der Waals surface area contributed by atoms with Gasteiger partial charge in [-0.1, -0.05) is 0 Å². The molecule has 1 saturated heterocycles. The number of hydrogen-bond acceptors (Lipinski definition) is 4. The summed E-state index contributed by atoms with van der Waals surface area (Å²) in [6.07, 6.45) is 2.77. The van der Waals surface area contributed by atoms with Crippen molar-refractivity contribution in [3.05, 3.63) is 29.8 Å². The molecule has 0 bridgehead atoms. The second-order valence-corrected chi connectivity index (χ2v) is 8.21. The van der Waals surface area contributed by atoms with Crippen LogP contribution < -0.4 is 4.72 Å². The molecular formula is C17H24N2O4S. The van der Waals surface area contributed by atoms with E-state index in [1.165, 1.54) is 12.1 Å². The van der Waals surface area contributed by atoms with Gasteiger partial charge in [-0.25, -0.2) is 13.1 Å². The Morgan fingerprint density at radius 1 is 1.25 bits per heavy atom. The van der Waals surface area contributed by atoms with E-state index >= 15 is 0 Å². The molecule has 7 heteroatoms. The lowest BCUT2D eigenvalue weighted by atomic mass is 10.1. The maximum atomic E-state index is 12.6. The highest BCUT2D eigenvalue weighted by molar-refractivity contribution is 7.89. The molecule has 0 radical (unpaired) electrons. The molecule has 0 spiro atoms. The molecular weight excluding hydrogens is 328 g/mol. The Balaban J connectivity index is 1.67. The van der Waals surface area contributed by atoms with Crippen molar-refractivity contribution in [1.82, 2.24) is 9.62 Å². The summed E-state index contributed by atoms with van der Waals surface area (Å²) < 4.78 is 32.3. The number of carbonyl (C=O) groups is 1. The number of sulfonamides is 1. The zero-order valence-electron chi connectivity index (χ0n) is 13.9. The minimum absolute atomic E-state index is 0.0662. The topological polar surface area (TPSA) is 75.7 Å². The third kappa shape index (κ3) is 4.15. The maximum Gasteiger partial charge on any atom is 0.253 e. The minimum atomic E-state index is -3.48. The number of hydrogen-bond donors (Lipinski definition) is 1. The van der Waals surface area contributed by atoms with E-state index in [9.17, 15) is 13.2 Å². The van der Waals surface area contributed by atoms with Gasteiger partial charge in [0.05, 0.1) is 11.5 Å². The molecule has 1 amide bonds. The SMILES string of the molecule is CCN(C[C@@H]1CCOC1)C(=O)c1ccc(S(=O)(=O)NC2CC2)cc1. The summed E-state index contributed by atoms with van der Waals surface area (Å²) in [5.41, 5.74) is 0.515. The molecule has 1 heterocycles. The third-order valence-corrected chi connectivity index (χ3v) is 6.02. The van der Waals surface area contributed by atoms with Crippen LogP contribution in [0, 0.1) is 5.92 Å². The van der Waals surface area contributed by atoms with Crippen molar-refractivity contribution in [3.8, 4) is 0 Å². The van der Waals surface area contributed by atoms with Gasteiger partial charge < -0.3 is 9.64 Å². The predicted octanol–water partition coefficient (Wildman–Crippen LogP) is 1.63. The molecule has 3 rings (SSSR count). The molecule has 2 aliphatic rings. The summed E-state index contributed by atoms with van der Waals surface area (Å²) in [4.78, 5) is 14.6. The van der Waals surface area contributed by atoms with Gasteiger partial charge in [0.2, 0.25) is 10.0 Å². The zero-order chi connectivity index (χ0) is 17.2. The molecule has 1 N–H and O–H groups in total. The Kier molecular flexibility index (Phi) is 5.22. The molecule has 1 aromatic rings. The lowest BCUT2D eigenvalue weighted by molar-refractivity contribution is 0.0730. The van der Waals surface area contributed by atoms with E-state index in [0.717, 1.165) is 25.9 Å². The van der Waals surface area contributed by atoms with Crippen molar-refractivity contribution >= 4 is 15.9 Å². The summed E-state index contributed by atoms with van der Waals surface area (Å²) in [5.74, 6) is 0.319. The Labute approximate surface area is 143 Å². The van der Waals surface area contributed by atoms with Crippen LogP contribution in [0.2, 0.25) is 0 Å². The molecule has 1 saturated carbocycles. The van der Waals surface area contributed by atoms with Crippen LogP contribution in [0.25, 0.3) is 0 Å². The molecule has 0 unspecified atom stereocenters. The second-order valence-electron chi connectivity index (χ2n) is 6.49. The smallest absolute Gasteiger partial charge is 0.253 e. The Morgan fingerprint density at radius 2 is 1.96 bits per heavy atom. The quantitative estimate of drug-likeness (QED) is 0.809. The van der Waals surface area contributed by atoms with Gasteiger partial charge in [-0.3, -0.25) is 4.79 Å². The lowest BCUT2D eigenvalue weighted by Crippen LogP contribution is -2.35. The Morgan fingerprint density at radius 3 is 2.50 bits per heavy atom. The molecule has 1 aromatic carbocycles. The fourth-order valence-electron chi connectivity index (χ4n) is 2.84. The number of benzene rings is 1. The summed E-state index contributed by atoms with van der Waals surface area (Å²) in [5, 5.41) is 0. The van der Waals surface area contributed by atoms with Gasteiger partial charge in [-0.15, -0.1) is 0 Å². The number of ether oxygens (including phenoxy) is 1. The first-order valence-corrected chi connectivity index (χ1v) is 9.97. The molecule has 132 valence electrons. The summed E-state index contributed by atoms with van der Waals surface area (Å²) in [6.45, 7) is 4.72. The highest BCUT2D eigenvalue weighted by atomic mass is 32.2. The van der Waals surface area contributed by atoms with Crippen LogP contribution in [-0.4, -0.2) is 51.6 Å². The third-order valence-electron chi connectivity index (χ3n) is 4.48. The highest BCUT2D eigenvalue weighted by Crippen LogP contribution is 2.22. The lowest BCUT2D eigenvalue weighted by Gasteiger charge is -2.24. The van der Waals surface area contributed by atoms with Crippen molar-refractivity contribution in [1.29, 1.82) is 0 Å². The van der Waals surface area contributed by atoms with E-state index in [1.54, 1.807) is 17.0 Å². The number of nitrogens with zero attached hydrogens (tertiary/aromatic N) is 1. The van der Waals surface area contributed by atoms with Gasteiger partial charge >= 0.3 is 0 Å². The van der Waals surface area contributed by atoms with E-state index < -0.39 is 10.0 Å². The van der Waals surface area contributed by atoms with Crippen LogP contribution in [0.4, 0.5) is 0 Å². The first-order chi connectivity index (χ1) is 11.5. The molecule has 1 atom stereocenters. The molecule has 1 aliphatic carbocycles. The van der Waals surface area contributed by atoms with Crippen molar-refractivity contribution in [2.45, 2.75) is 37.1 Å². The minimum Gasteiger partial charge on any atom is -0.381 e. The van der Waals surface area contributed by atoms with Gasteiger partial charge in [0.15, 0.2) is 0 Å². The normalized spacial score (nSPS) is 21.0. The van der Waals surface area contributed by atoms with Crippen LogP contribution >= 0.6 is 0 Å². The van der Waals surface area contributed by atoms with Crippen LogP contribution in [0.1, 0.15) is 36.5 Å². The van der Waals surface area contributed by atoms with E-state index in [2.05, 4.69) is 4.72 Å². The van der Waals surface area contributed by atoms with Gasteiger partial charge in [-0.05, 0) is 50.5 Å². The van der Waals surface area contributed by atoms with Gasteiger partial charge in [0.1, 0.15) is 0 Å². The average molecular weight is 352 g/mol. The Bertz CT molecular complexity index is 677. The summed E-state index contributed by atoms with van der Waals surface area (Å²) in [7, 11) is -3.48. The van der Waals surface area contributed by atoms with Crippen molar-refractivity contribution in [2.24, 2.45) is 5.92 Å². The summed E-state index contributed by atoms with van der Waals surface area (Å²) in [6, 6.07) is 6.27. The standard InChI is InChI=1S/C17H24N2O4S/c1-2-19(11-13-9-10-23-12-13)17(20)14-3-7-16(8-4-14)24(21,22)18-15-5-6-15/h3-4,7-8,13,15,18H,2,5-6,9-12H2,1H3/t13-/m0/s1. The monoisotopic (exact) mass is 352 g/mol. The fourth-order valence-corrected chi connectivity index (χ4v) is 4.15. The van der Waals surface area contributed by atoms with Crippen LogP contribution in [0.3, 0.4) is 0 Å². The molecule has 2 fully saturated rings. The largest absolute Gasteiger partial charge is 0.381 e. The van der Waals surface area contributed by atoms with Gasteiger partial charge in [-0.2, -0.15) is 0 Å². The van der Waals surface area contributed by atoms with Crippen LogP contribution in [0.15, 0.2) is 29.2 Å². The maximum absolute atomic E-state index is 12.6. The van der Waals surface area contributed by atoms with Crippen LogP contribution in [-0.2, 0) is 14.8 Å². The van der Waals surface area contributed by atoms with Crippen molar-refractivity contribution in [2.75, 3.05) is 26.3 Å². The van der Waals surface area contributed by atoms with Crippen LogP contribution in [0.5, 0.6) is 0 Å². The van der Waals surface area contributed by atoms with Gasteiger partial charge in [0.25, 0.3) is 5.91 Å². The number of amides is 1. The van der Waals surface area contributed by atoms with E-state index in [-0.39, 0.29) is 16.8 Å². The molecule has 24 heavy (non-hydrogen) atoms. The van der Waals surface area contributed by atoms with Crippen molar-refractivity contribution in [3.63, 3.8) is 0 Å². The highest BCUT2D eigenvalue weighted by Gasteiger charge is 2.28. The van der Waals surface area contributed by atoms with E-state index in [4.69, 9.17) is 4.74 Å². The van der Waals surface area contributed by atoms with Gasteiger partial charge in [0, 0.05) is 37.2 Å². The first-order valence-electron chi connectivity index (χ1n) is 8.49. The van der Waals surface area contributed by atoms with E-state index in [0.29, 0.717) is 31.2 Å².